The number of aliphatic hydroxyl groups is 2. The van der Waals surface area contributed by atoms with Gasteiger partial charge in [0.2, 0.25) is 0 Å². The number of allylic oxidation sites excluding steroid dienone is 2. The van der Waals surface area contributed by atoms with Crippen molar-refractivity contribution in [1.29, 1.82) is 0 Å². The second-order valence-electron chi connectivity index (χ2n) is 3.96. The van der Waals surface area contributed by atoms with Crippen molar-refractivity contribution in [3.63, 3.8) is 0 Å². The molecule has 0 bridgehead atoms. The maximum absolute atomic E-state index is 9.71. The molecule has 0 amide bonds. The molecular formula is C13H15NO2. The summed E-state index contributed by atoms with van der Waals surface area (Å²) in [5.74, 6) is -0.0189. The van der Waals surface area contributed by atoms with Crippen molar-refractivity contribution in [3.05, 3.63) is 59.5 Å². The topological polar surface area (TPSA) is 43.7 Å². The van der Waals surface area contributed by atoms with E-state index in [1.165, 1.54) is 11.6 Å². The van der Waals surface area contributed by atoms with Gasteiger partial charge in [0.05, 0.1) is 0 Å². The quantitative estimate of drug-likeness (QED) is 0.797. The fraction of sp³-hybridized carbons (Fsp3) is 0.231. The molecule has 84 valence electrons. The van der Waals surface area contributed by atoms with Crippen molar-refractivity contribution in [2.75, 3.05) is 0 Å². The summed E-state index contributed by atoms with van der Waals surface area (Å²) in [7, 11) is 0. The summed E-state index contributed by atoms with van der Waals surface area (Å²) in [5, 5.41) is 19.1. The van der Waals surface area contributed by atoms with Crippen LogP contribution in [0.3, 0.4) is 0 Å². The van der Waals surface area contributed by atoms with Gasteiger partial charge in [-0.15, -0.1) is 0 Å². The van der Waals surface area contributed by atoms with E-state index in [1.54, 1.807) is 17.2 Å². The molecule has 0 saturated carbocycles. The number of hydrogen-bond donors (Lipinski definition) is 2. The van der Waals surface area contributed by atoms with E-state index in [-0.39, 0.29) is 5.76 Å². The van der Waals surface area contributed by atoms with Crippen molar-refractivity contribution in [2.45, 2.75) is 19.7 Å². The first-order chi connectivity index (χ1) is 7.66. The average Bonchev–Trinajstić information content (AvgIpc) is 2.28. The molecule has 0 aliphatic carbocycles. The summed E-state index contributed by atoms with van der Waals surface area (Å²) in [6, 6.07) is 8.10. The van der Waals surface area contributed by atoms with Crippen LogP contribution in [0.2, 0.25) is 0 Å². The molecule has 1 aromatic rings. The molecule has 1 atom stereocenters. The van der Waals surface area contributed by atoms with E-state index >= 15 is 0 Å². The Morgan fingerprint density at radius 3 is 2.62 bits per heavy atom. The van der Waals surface area contributed by atoms with Gasteiger partial charge in [-0.2, -0.15) is 0 Å². The molecule has 1 unspecified atom stereocenters. The van der Waals surface area contributed by atoms with Crippen LogP contribution in [0.4, 0.5) is 0 Å². The lowest BCUT2D eigenvalue weighted by Crippen LogP contribution is -2.33. The second kappa shape index (κ2) is 4.41. The minimum absolute atomic E-state index is 0.0189. The van der Waals surface area contributed by atoms with Gasteiger partial charge in [-0.05, 0) is 24.6 Å². The highest BCUT2D eigenvalue weighted by molar-refractivity contribution is 5.23. The maximum Gasteiger partial charge on any atom is 0.185 e. The third-order valence-corrected chi connectivity index (χ3v) is 2.61. The highest BCUT2D eigenvalue weighted by atomic mass is 16.3. The SMILES string of the molecule is Cc1ccc(CN2C=CC=C(O)C2O)cc1. The first-order valence-corrected chi connectivity index (χ1v) is 5.23. The lowest BCUT2D eigenvalue weighted by Gasteiger charge is -2.28. The Kier molecular flexibility index (Phi) is 2.97. The monoisotopic (exact) mass is 217 g/mol. The van der Waals surface area contributed by atoms with Gasteiger partial charge in [0.15, 0.2) is 6.23 Å². The third-order valence-electron chi connectivity index (χ3n) is 2.61. The second-order valence-corrected chi connectivity index (χ2v) is 3.96. The van der Waals surface area contributed by atoms with E-state index in [0.29, 0.717) is 6.54 Å². The summed E-state index contributed by atoms with van der Waals surface area (Å²) in [5.41, 5.74) is 2.31. The Hall–Kier alpha value is -1.74. The first-order valence-electron chi connectivity index (χ1n) is 5.23. The molecule has 2 N–H and O–H groups in total. The zero-order valence-corrected chi connectivity index (χ0v) is 9.17. The van der Waals surface area contributed by atoms with Crippen LogP contribution in [0.5, 0.6) is 0 Å². The van der Waals surface area contributed by atoms with Gasteiger partial charge >= 0.3 is 0 Å². The average molecular weight is 217 g/mol. The van der Waals surface area contributed by atoms with E-state index in [1.807, 2.05) is 31.2 Å². The number of rotatable bonds is 2. The van der Waals surface area contributed by atoms with E-state index in [9.17, 15) is 10.2 Å². The fourth-order valence-corrected chi connectivity index (χ4v) is 1.63. The van der Waals surface area contributed by atoms with E-state index in [4.69, 9.17) is 0 Å². The fourth-order valence-electron chi connectivity index (χ4n) is 1.63. The molecule has 1 heterocycles. The van der Waals surface area contributed by atoms with Crippen LogP contribution < -0.4 is 0 Å². The third kappa shape index (κ3) is 2.25. The molecule has 0 fully saturated rings. The largest absolute Gasteiger partial charge is 0.508 e. The molecule has 0 saturated heterocycles. The number of aliphatic hydroxyl groups excluding tert-OH is 2. The number of aryl methyl sites for hydroxylation is 1. The van der Waals surface area contributed by atoms with Gasteiger partial charge in [-0.3, -0.25) is 0 Å². The lowest BCUT2D eigenvalue weighted by atomic mass is 10.1. The maximum atomic E-state index is 9.71. The lowest BCUT2D eigenvalue weighted by molar-refractivity contribution is 0.0268. The van der Waals surface area contributed by atoms with Crippen molar-refractivity contribution < 1.29 is 10.2 Å². The molecule has 3 nitrogen and oxygen atoms in total. The molecule has 0 spiro atoms. The highest BCUT2D eigenvalue weighted by Crippen LogP contribution is 2.16. The summed E-state index contributed by atoms with van der Waals surface area (Å²) >= 11 is 0. The number of benzene rings is 1. The van der Waals surface area contributed by atoms with E-state index in [0.717, 1.165) is 5.56 Å². The van der Waals surface area contributed by atoms with Gasteiger partial charge in [-0.25, -0.2) is 0 Å². The molecule has 3 heteroatoms. The normalized spacial score (nSPS) is 19.8. The first kappa shape index (κ1) is 10.8. The van der Waals surface area contributed by atoms with Crippen LogP contribution >= 0.6 is 0 Å². The molecule has 1 aliphatic heterocycles. The number of hydrogen-bond acceptors (Lipinski definition) is 3. The standard InChI is InChI=1S/C13H15NO2/c1-10-4-6-11(7-5-10)9-14-8-2-3-12(15)13(14)16/h2-8,13,15-16H,9H2,1H3. The van der Waals surface area contributed by atoms with E-state index < -0.39 is 6.23 Å². The summed E-state index contributed by atoms with van der Waals surface area (Å²) in [6.07, 6.45) is 4.04. The molecule has 0 radical (unpaired) electrons. The van der Waals surface area contributed by atoms with Gasteiger partial charge in [0.1, 0.15) is 5.76 Å². The summed E-state index contributed by atoms with van der Waals surface area (Å²) < 4.78 is 0. The smallest absolute Gasteiger partial charge is 0.185 e. The Morgan fingerprint density at radius 2 is 1.94 bits per heavy atom. The Labute approximate surface area is 94.9 Å². The van der Waals surface area contributed by atoms with Crippen LogP contribution in [-0.2, 0) is 6.54 Å². The predicted molar refractivity (Wildman–Crippen MR) is 62.6 cm³/mol. The van der Waals surface area contributed by atoms with Gasteiger partial charge in [0.25, 0.3) is 0 Å². The zero-order valence-electron chi connectivity index (χ0n) is 9.17. The Morgan fingerprint density at radius 1 is 1.25 bits per heavy atom. The minimum atomic E-state index is -0.939. The van der Waals surface area contributed by atoms with Crippen LogP contribution in [-0.4, -0.2) is 21.3 Å². The Bertz CT molecular complexity index is 420. The van der Waals surface area contributed by atoms with Crippen LogP contribution in [0.1, 0.15) is 11.1 Å². The summed E-state index contributed by atoms with van der Waals surface area (Å²) in [4.78, 5) is 1.68. The number of nitrogens with zero attached hydrogens (tertiary/aromatic N) is 1. The van der Waals surface area contributed by atoms with Gasteiger partial charge < -0.3 is 15.1 Å². The minimum Gasteiger partial charge on any atom is -0.508 e. The van der Waals surface area contributed by atoms with Crippen LogP contribution in [0, 0.1) is 6.92 Å². The van der Waals surface area contributed by atoms with E-state index in [2.05, 4.69) is 0 Å². The van der Waals surface area contributed by atoms with Crippen molar-refractivity contribution >= 4 is 0 Å². The molecule has 16 heavy (non-hydrogen) atoms. The zero-order chi connectivity index (χ0) is 11.5. The molecule has 2 rings (SSSR count). The highest BCUT2D eigenvalue weighted by Gasteiger charge is 2.18. The van der Waals surface area contributed by atoms with Gasteiger partial charge in [0, 0.05) is 12.7 Å². The van der Waals surface area contributed by atoms with Crippen molar-refractivity contribution in [1.82, 2.24) is 4.90 Å². The Balaban J connectivity index is 2.08. The van der Waals surface area contributed by atoms with Gasteiger partial charge in [-0.1, -0.05) is 29.8 Å². The van der Waals surface area contributed by atoms with Crippen LogP contribution in [0.25, 0.3) is 0 Å². The summed E-state index contributed by atoms with van der Waals surface area (Å²) in [6.45, 7) is 2.61. The van der Waals surface area contributed by atoms with Crippen LogP contribution in [0.15, 0.2) is 48.4 Å². The molecule has 0 aromatic heterocycles. The van der Waals surface area contributed by atoms with Crippen molar-refractivity contribution in [3.8, 4) is 0 Å². The molecule has 1 aromatic carbocycles. The molecular weight excluding hydrogens is 202 g/mol. The predicted octanol–water partition coefficient (Wildman–Crippen LogP) is 2.08. The molecule has 1 aliphatic rings. The van der Waals surface area contributed by atoms with Crippen molar-refractivity contribution in [2.24, 2.45) is 0 Å².